The van der Waals surface area contributed by atoms with Crippen LogP contribution in [0.2, 0.25) is 0 Å². The Kier molecular flexibility index (Phi) is 3.55. The highest BCUT2D eigenvalue weighted by atomic mass is 19.4. The van der Waals surface area contributed by atoms with E-state index in [9.17, 15) is 13.2 Å². The maximum absolute atomic E-state index is 12.0. The number of hydrogen-bond acceptors (Lipinski definition) is 5. The third kappa shape index (κ3) is 2.97. The van der Waals surface area contributed by atoms with Crippen molar-refractivity contribution < 1.29 is 23.0 Å². The van der Waals surface area contributed by atoms with Gasteiger partial charge >= 0.3 is 6.36 Å². The largest absolute Gasteiger partial charge is 0.574 e. The number of nitrogens with zero attached hydrogens (tertiary/aromatic N) is 1. The van der Waals surface area contributed by atoms with Gasteiger partial charge in [-0.25, -0.2) is 4.98 Å². The van der Waals surface area contributed by atoms with Crippen LogP contribution in [0.25, 0.3) is 0 Å². The zero-order chi connectivity index (χ0) is 12.3. The van der Waals surface area contributed by atoms with Crippen LogP contribution < -0.4 is 16.2 Å². The maximum atomic E-state index is 12.0. The van der Waals surface area contributed by atoms with Crippen LogP contribution in [-0.4, -0.2) is 16.5 Å². The lowest BCUT2D eigenvalue weighted by Gasteiger charge is -2.13. The molecular formula is C8H10F3N3O2. The van der Waals surface area contributed by atoms with E-state index in [2.05, 4.69) is 9.72 Å². The summed E-state index contributed by atoms with van der Waals surface area (Å²) in [5, 5.41) is 8.86. The average molecular weight is 237 g/mol. The highest BCUT2D eigenvalue weighted by Crippen LogP contribution is 2.28. The molecule has 1 heterocycles. The van der Waals surface area contributed by atoms with E-state index >= 15 is 0 Å². The van der Waals surface area contributed by atoms with Crippen LogP contribution in [0.4, 0.5) is 18.9 Å². The number of anilines is 1. The molecule has 0 fully saturated rings. The van der Waals surface area contributed by atoms with Gasteiger partial charge in [-0.1, -0.05) is 0 Å². The minimum atomic E-state index is -4.89. The molecule has 0 saturated carbocycles. The van der Waals surface area contributed by atoms with E-state index in [1.165, 1.54) is 6.07 Å². The van der Waals surface area contributed by atoms with Gasteiger partial charge in [-0.3, -0.25) is 0 Å². The van der Waals surface area contributed by atoms with Crippen LogP contribution in [-0.2, 0) is 13.2 Å². The molecule has 0 amide bonds. The van der Waals surface area contributed by atoms with Crippen LogP contribution in [0.3, 0.4) is 0 Å². The van der Waals surface area contributed by atoms with E-state index in [0.29, 0.717) is 0 Å². The highest BCUT2D eigenvalue weighted by Gasteiger charge is 2.33. The van der Waals surface area contributed by atoms with Gasteiger partial charge in [-0.15, -0.1) is 13.2 Å². The average Bonchev–Trinajstić information content (AvgIpc) is 2.14. The van der Waals surface area contributed by atoms with Crippen molar-refractivity contribution in [2.24, 2.45) is 5.73 Å². The monoisotopic (exact) mass is 237 g/mol. The molecule has 0 aliphatic heterocycles. The Labute approximate surface area is 88.8 Å². The number of halogens is 3. The van der Waals surface area contributed by atoms with E-state index in [4.69, 9.17) is 16.6 Å². The Balaban J connectivity index is 3.18. The van der Waals surface area contributed by atoms with Gasteiger partial charge in [-0.05, 0) is 6.07 Å². The first-order chi connectivity index (χ1) is 7.37. The molecule has 0 aliphatic carbocycles. The van der Waals surface area contributed by atoms with Crippen LogP contribution in [0, 0.1) is 0 Å². The van der Waals surface area contributed by atoms with Crippen LogP contribution in [0.15, 0.2) is 6.07 Å². The molecule has 1 aromatic heterocycles. The first-order valence-corrected chi connectivity index (χ1v) is 4.22. The Hall–Kier alpha value is -1.54. The van der Waals surface area contributed by atoms with Crippen molar-refractivity contribution in [2.45, 2.75) is 19.5 Å². The minimum absolute atomic E-state index is 0.0443. The maximum Gasteiger partial charge on any atom is 0.574 e. The summed E-state index contributed by atoms with van der Waals surface area (Å²) < 4.78 is 39.7. The van der Waals surface area contributed by atoms with Crippen LogP contribution >= 0.6 is 0 Å². The summed E-state index contributed by atoms with van der Waals surface area (Å²) in [7, 11) is 0. The van der Waals surface area contributed by atoms with Gasteiger partial charge in [0.1, 0.15) is 0 Å². The molecule has 0 unspecified atom stereocenters. The Morgan fingerprint density at radius 1 is 1.44 bits per heavy atom. The molecule has 8 heteroatoms. The predicted octanol–water partition coefficient (Wildman–Crippen LogP) is 0.513. The van der Waals surface area contributed by atoms with Gasteiger partial charge in [0, 0.05) is 12.2 Å². The zero-order valence-corrected chi connectivity index (χ0v) is 8.08. The predicted molar refractivity (Wildman–Crippen MR) is 49.1 cm³/mol. The molecule has 1 rings (SSSR count). The first-order valence-electron chi connectivity index (χ1n) is 4.22. The van der Waals surface area contributed by atoms with Crippen molar-refractivity contribution in [1.82, 2.24) is 4.98 Å². The van der Waals surface area contributed by atoms with Crippen molar-refractivity contribution in [2.75, 3.05) is 5.73 Å². The lowest BCUT2D eigenvalue weighted by Crippen LogP contribution is -2.20. The fourth-order valence-electron chi connectivity index (χ4n) is 1.08. The first kappa shape index (κ1) is 12.5. The molecule has 0 bridgehead atoms. The number of aliphatic hydroxyl groups excluding tert-OH is 1. The van der Waals surface area contributed by atoms with Crippen molar-refractivity contribution in [3.63, 3.8) is 0 Å². The second-order valence-corrected chi connectivity index (χ2v) is 2.90. The molecule has 0 radical (unpaired) electrons. The van der Waals surface area contributed by atoms with E-state index in [1.807, 2.05) is 0 Å². The number of nitrogen functional groups attached to an aromatic ring is 1. The highest BCUT2D eigenvalue weighted by molar-refractivity contribution is 5.52. The second kappa shape index (κ2) is 4.54. The van der Waals surface area contributed by atoms with E-state index in [-0.39, 0.29) is 23.5 Å². The van der Waals surface area contributed by atoms with Gasteiger partial charge in [0.25, 0.3) is 0 Å². The number of aliphatic hydroxyl groups is 1. The molecule has 0 spiro atoms. The number of rotatable bonds is 3. The summed E-state index contributed by atoms with van der Waals surface area (Å²) in [5.41, 5.74) is 10.5. The summed E-state index contributed by atoms with van der Waals surface area (Å²) in [5.74, 6) is -0.768. The number of aromatic nitrogens is 1. The number of alkyl halides is 3. The number of hydrogen-bond donors (Lipinski definition) is 3. The molecule has 0 atom stereocenters. The molecule has 16 heavy (non-hydrogen) atoms. The normalized spacial score (nSPS) is 11.6. The molecular weight excluding hydrogens is 227 g/mol. The molecule has 5 nitrogen and oxygen atoms in total. The van der Waals surface area contributed by atoms with Crippen molar-refractivity contribution >= 4 is 5.69 Å². The van der Waals surface area contributed by atoms with Gasteiger partial charge < -0.3 is 21.3 Å². The van der Waals surface area contributed by atoms with E-state index in [1.54, 1.807) is 0 Å². The number of ether oxygens (including phenoxy) is 1. The summed E-state index contributed by atoms with van der Waals surface area (Å²) in [4.78, 5) is 3.50. The van der Waals surface area contributed by atoms with Crippen molar-refractivity contribution in [3.8, 4) is 5.88 Å². The Bertz CT molecular complexity index is 382. The SMILES string of the molecule is NCc1cc(N)c(CO)c(OC(F)(F)F)n1. The molecule has 0 aliphatic rings. The van der Waals surface area contributed by atoms with Crippen molar-refractivity contribution in [1.29, 1.82) is 0 Å². The summed E-state index contributed by atoms with van der Waals surface area (Å²) >= 11 is 0. The quantitative estimate of drug-likeness (QED) is 0.712. The Morgan fingerprint density at radius 2 is 2.06 bits per heavy atom. The molecule has 1 aromatic rings. The van der Waals surface area contributed by atoms with E-state index in [0.717, 1.165) is 0 Å². The topological polar surface area (TPSA) is 94.4 Å². The molecule has 5 N–H and O–H groups in total. The summed E-state index contributed by atoms with van der Waals surface area (Å²) in [6.07, 6.45) is -4.89. The van der Waals surface area contributed by atoms with Crippen LogP contribution in [0.1, 0.15) is 11.3 Å². The Morgan fingerprint density at radius 3 is 2.50 bits per heavy atom. The van der Waals surface area contributed by atoms with Gasteiger partial charge in [0.05, 0.1) is 17.9 Å². The lowest BCUT2D eigenvalue weighted by molar-refractivity contribution is -0.276. The van der Waals surface area contributed by atoms with Crippen LogP contribution in [0.5, 0.6) is 5.88 Å². The smallest absolute Gasteiger partial charge is 0.398 e. The fraction of sp³-hybridized carbons (Fsp3) is 0.375. The zero-order valence-electron chi connectivity index (χ0n) is 8.08. The minimum Gasteiger partial charge on any atom is -0.398 e. The molecule has 0 aromatic carbocycles. The summed E-state index contributed by atoms with van der Waals surface area (Å²) in [6.45, 7) is -0.779. The third-order valence-electron chi connectivity index (χ3n) is 1.75. The van der Waals surface area contributed by atoms with Gasteiger partial charge in [-0.2, -0.15) is 0 Å². The molecule has 90 valence electrons. The fourth-order valence-corrected chi connectivity index (χ4v) is 1.08. The third-order valence-corrected chi connectivity index (χ3v) is 1.75. The number of pyridine rings is 1. The lowest BCUT2D eigenvalue weighted by atomic mass is 10.2. The van der Waals surface area contributed by atoms with Gasteiger partial charge in [0.15, 0.2) is 0 Å². The van der Waals surface area contributed by atoms with E-state index < -0.39 is 18.8 Å². The second-order valence-electron chi connectivity index (χ2n) is 2.90. The summed E-state index contributed by atoms with van der Waals surface area (Å²) in [6, 6.07) is 1.29. The molecule has 0 saturated heterocycles. The standard InChI is InChI=1S/C8H10F3N3O2/c9-8(10,11)16-7-5(3-15)6(13)1-4(2-12)14-7/h1,15H,2-3,12H2,(H2,13,14). The van der Waals surface area contributed by atoms with Crippen molar-refractivity contribution in [3.05, 3.63) is 17.3 Å². The van der Waals surface area contributed by atoms with Gasteiger partial charge in [0.2, 0.25) is 5.88 Å². The number of nitrogens with two attached hydrogens (primary N) is 2.